The topological polar surface area (TPSA) is 74.5 Å². The van der Waals surface area contributed by atoms with Crippen LogP contribution in [0.4, 0.5) is 5.69 Å². The Morgan fingerprint density at radius 3 is 2.67 bits per heavy atom. The summed E-state index contributed by atoms with van der Waals surface area (Å²) >= 11 is 0. The van der Waals surface area contributed by atoms with E-state index < -0.39 is 0 Å². The maximum absolute atomic E-state index is 6.01. The van der Waals surface area contributed by atoms with E-state index in [-0.39, 0.29) is 0 Å². The van der Waals surface area contributed by atoms with Crippen molar-refractivity contribution in [3.63, 3.8) is 0 Å². The first-order valence-corrected chi connectivity index (χ1v) is 7.00. The van der Waals surface area contributed by atoms with Gasteiger partial charge in [-0.3, -0.25) is 4.98 Å². The summed E-state index contributed by atoms with van der Waals surface area (Å²) in [6.07, 6.45) is 15.0. The van der Waals surface area contributed by atoms with Crippen LogP contribution in [0.25, 0.3) is 11.3 Å². The second kappa shape index (κ2) is 6.21. The van der Waals surface area contributed by atoms with Crippen LogP contribution in [0.5, 0.6) is 0 Å². The minimum atomic E-state index is 0.727. The van der Waals surface area contributed by atoms with E-state index in [1.54, 1.807) is 18.6 Å². The van der Waals surface area contributed by atoms with Crippen molar-refractivity contribution in [3.8, 4) is 11.3 Å². The largest absolute Gasteiger partial charge is 0.398 e. The molecule has 21 heavy (non-hydrogen) atoms. The molecule has 0 aromatic carbocycles. The maximum Gasteiger partial charge on any atom is 0.0950 e. The number of pyridine rings is 1. The van der Waals surface area contributed by atoms with E-state index in [1.165, 1.54) is 0 Å². The normalized spacial score (nSPS) is 10.9. The number of hydrogen-bond acceptors (Lipinski definition) is 4. The first-order chi connectivity index (χ1) is 10.3. The van der Waals surface area contributed by atoms with Crippen LogP contribution in [0.3, 0.4) is 0 Å². The molecule has 0 amide bonds. The van der Waals surface area contributed by atoms with Gasteiger partial charge >= 0.3 is 0 Å². The van der Waals surface area contributed by atoms with Gasteiger partial charge in [-0.2, -0.15) is 0 Å². The van der Waals surface area contributed by atoms with Crippen molar-refractivity contribution >= 4 is 5.69 Å². The average molecular weight is 282 g/mol. The van der Waals surface area contributed by atoms with Gasteiger partial charge in [0.1, 0.15) is 0 Å². The number of aromatic nitrogens is 5. The highest BCUT2D eigenvalue weighted by Crippen LogP contribution is 2.24. The zero-order valence-electron chi connectivity index (χ0n) is 11.8. The Labute approximate surface area is 123 Å². The number of hydrogen-bond donors (Lipinski definition) is 1. The van der Waals surface area contributed by atoms with Crippen LogP contribution in [0, 0.1) is 0 Å². The Kier molecular flexibility index (Phi) is 3.95. The molecule has 0 unspecified atom stereocenters. The van der Waals surface area contributed by atoms with Gasteiger partial charge in [-0.25, -0.2) is 9.97 Å². The first-order valence-electron chi connectivity index (χ1n) is 7.00. The SMILES string of the molecule is Nc1ccncc1-c1cncn1CCCCn1ccnc1. The molecule has 0 spiro atoms. The summed E-state index contributed by atoms with van der Waals surface area (Å²) in [7, 11) is 0. The summed E-state index contributed by atoms with van der Waals surface area (Å²) in [6, 6.07) is 1.81. The lowest BCUT2D eigenvalue weighted by molar-refractivity contribution is 0.555. The molecule has 6 nitrogen and oxygen atoms in total. The lowest BCUT2D eigenvalue weighted by atomic mass is 10.2. The number of rotatable bonds is 6. The second-order valence-corrected chi connectivity index (χ2v) is 4.94. The predicted octanol–water partition coefficient (Wildman–Crippen LogP) is 2.20. The minimum absolute atomic E-state index is 0.727. The van der Waals surface area contributed by atoms with Gasteiger partial charge < -0.3 is 14.9 Å². The van der Waals surface area contributed by atoms with Crippen LogP contribution < -0.4 is 5.73 Å². The summed E-state index contributed by atoms with van der Waals surface area (Å²) in [6.45, 7) is 1.90. The molecule has 0 fully saturated rings. The number of nitrogens with zero attached hydrogens (tertiary/aromatic N) is 5. The van der Waals surface area contributed by atoms with Crippen molar-refractivity contribution < 1.29 is 0 Å². The molecular formula is C15H18N6. The maximum atomic E-state index is 6.01. The molecule has 3 aromatic heterocycles. The van der Waals surface area contributed by atoms with E-state index >= 15 is 0 Å². The monoisotopic (exact) mass is 282 g/mol. The highest BCUT2D eigenvalue weighted by Gasteiger charge is 2.08. The van der Waals surface area contributed by atoms with Gasteiger partial charge in [0.05, 0.1) is 24.5 Å². The number of imidazole rings is 2. The molecule has 0 bridgehead atoms. The van der Waals surface area contributed by atoms with Gasteiger partial charge in [0.25, 0.3) is 0 Å². The van der Waals surface area contributed by atoms with E-state index in [9.17, 15) is 0 Å². The van der Waals surface area contributed by atoms with Crippen LogP contribution in [-0.4, -0.2) is 24.1 Å². The van der Waals surface area contributed by atoms with Gasteiger partial charge in [-0.15, -0.1) is 0 Å². The zero-order chi connectivity index (χ0) is 14.5. The average Bonchev–Trinajstić information content (AvgIpc) is 3.16. The molecule has 0 aliphatic heterocycles. The summed E-state index contributed by atoms with van der Waals surface area (Å²) in [5, 5.41) is 0. The molecule has 0 saturated carbocycles. The van der Waals surface area contributed by atoms with E-state index in [0.29, 0.717) is 0 Å². The van der Waals surface area contributed by atoms with Crippen molar-refractivity contribution in [3.05, 3.63) is 49.7 Å². The molecule has 3 heterocycles. The molecule has 0 radical (unpaired) electrons. The highest BCUT2D eigenvalue weighted by molar-refractivity contribution is 5.72. The number of anilines is 1. The van der Waals surface area contributed by atoms with Crippen LogP contribution in [-0.2, 0) is 13.1 Å². The van der Waals surface area contributed by atoms with Crippen LogP contribution in [0.15, 0.2) is 49.7 Å². The molecular weight excluding hydrogens is 264 g/mol. The number of nitrogens with two attached hydrogens (primary N) is 1. The van der Waals surface area contributed by atoms with Gasteiger partial charge in [0.15, 0.2) is 0 Å². The lowest BCUT2D eigenvalue weighted by Gasteiger charge is -2.10. The Morgan fingerprint density at radius 1 is 0.952 bits per heavy atom. The first kappa shape index (κ1) is 13.4. The third-order valence-electron chi connectivity index (χ3n) is 3.47. The Morgan fingerprint density at radius 2 is 1.86 bits per heavy atom. The van der Waals surface area contributed by atoms with Gasteiger partial charge in [0, 0.05) is 49.1 Å². The van der Waals surface area contributed by atoms with Crippen molar-refractivity contribution in [2.45, 2.75) is 25.9 Å². The third-order valence-corrected chi connectivity index (χ3v) is 3.47. The summed E-state index contributed by atoms with van der Waals surface area (Å²) in [5.74, 6) is 0. The van der Waals surface area contributed by atoms with Crippen LogP contribution in [0.1, 0.15) is 12.8 Å². The quantitative estimate of drug-likeness (QED) is 0.703. The number of unbranched alkanes of at least 4 members (excludes halogenated alkanes) is 1. The molecule has 3 aromatic rings. The molecule has 0 aliphatic carbocycles. The van der Waals surface area contributed by atoms with E-state index in [0.717, 1.165) is 42.9 Å². The second-order valence-electron chi connectivity index (χ2n) is 4.94. The van der Waals surface area contributed by atoms with Gasteiger partial charge in [-0.05, 0) is 18.9 Å². The van der Waals surface area contributed by atoms with Crippen molar-refractivity contribution in [1.82, 2.24) is 24.1 Å². The molecule has 0 atom stereocenters. The van der Waals surface area contributed by atoms with E-state index in [1.807, 2.05) is 31.1 Å². The Bertz CT molecular complexity index is 686. The molecule has 6 heteroatoms. The Hall–Kier alpha value is -2.63. The molecule has 0 saturated heterocycles. The van der Waals surface area contributed by atoms with Gasteiger partial charge in [-0.1, -0.05) is 0 Å². The summed E-state index contributed by atoms with van der Waals surface area (Å²) in [4.78, 5) is 12.4. The number of nitrogen functional groups attached to an aromatic ring is 1. The minimum Gasteiger partial charge on any atom is -0.398 e. The van der Waals surface area contributed by atoms with Crippen molar-refractivity contribution in [2.75, 3.05) is 5.73 Å². The Balaban J connectivity index is 1.62. The predicted molar refractivity (Wildman–Crippen MR) is 81.3 cm³/mol. The standard InChI is InChI=1S/C15H18N6/c16-14-3-4-17-9-13(14)15-10-19-12-21(15)7-2-1-6-20-8-5-18-11-20/h3-5,8-12H,1-2,6-7H2,(H2,16,17). The fraction of sp³-hybridized carbons (Fsp3) is 0.267. The third kappa shape index (κ3) is 3.10. The smallest absolute Gasteiger partial charge is 0.0950 e. The van der Waals surface area contributed by atoms with Crippen molar-refractivity contribution in [2.24, 2.45) is 0 Å². The fourth-order valence-electron chi connectivity index (χ4n) is 2.34. The molecule has 0 aliphatic rings. The molecule has 2 N–H and O–H groups in total. The number of aryl methyl sites for hydroxylation is 2. The summed E-state index contributed by atoms with van der Waals surface area (Å²) < 4.78 is 4.22. The highest BCUT2D eigenvalue weighted by atomic mass is 15.0. The fourth-order valence-corrected chi connectivity index (χ4v) is 2.34. The van der Waals surface area contributed by atoms with Gasteiger partial charge in [0.2, 0.25) is 0 Å². The van der Waals surface area contributed by atoms with Crippen molar-refractivity contribution in [1.29, 1.82) is 0 Å². The summed E-state index contributed by atoms with van der Waals surface area (Å²) in [5.41, 5.74) is 8.69. The van der Waals surface area contributed by atoms with E-state index in [2.05, 4.69) is 24.1 Å². The van der Waals surface area contributed by atoms with Crippen LogP contribution >= 0.6 is 0 Å². The molecule has 3 rings (SSSR count). The van der Waals surface area contributed by atoms with Crippen LogP contribution in [0.2, 0.25) is 0 Å². The molecule has 108 valence electrons. The lowest BCUT2D eigenvalue weighted by Crippen LogP contribution is -2.02. The zero-order valence-corrected chi connectivity index (χ0v) is 11.8. The van der Waals surface area contributed by atoms with E-state index in [4.69, 9.17) is 5.73 Å².